The molecule has 1 nitrogen and oxygen atoms in total. The van der Waals surface area contributed by atoms with Gasteiger partial charge in [0.2, 0.25) is 0 Å². The third-order valence-corrected chi connectivity index (χ3v) is 13.2. The average Bonchev–Trinajstić information content (AvgIpc) is 3.04. The van der Waals surface area contributed by atoms with Crippen LogP contribution in [0.25, 0.3) is 0 Å². The van der Waals surface area contributed by atoms with Gasteiger partial charge in [-0.1, -0.05) is 53.7 Å². The number of hydrogen-bond acceptors (Lipinski definition) is 1. The Morgan fingerprint density at radius 3 is 2.19 bits per heavy atom. The predicted octanol–water partition coefficient (Wildman–Crippen LogP) is 8.23. The van der Waals surface area contributed by atoms with Gasteiger partial charge in [0.15, 0.2) is 0 Å². The van der Waals surface area contributed by atoms with Crippen LogP contribution in [0.3, 0.4) is 0 Å². The maximum Gasteiger partial charge on any atom is 0.138 e. The number of allylic oxidation sites excluding steroid dienone is 1. The van der Waals surface area contributed by atoms with E-state index in [1.54, 1.807) is 0 Å². The van der Waals surface area contributed by atoms with Crippen molar-refractivity contribution >= 4 is 5.78 Å². The molecule has 31 heavy (non-hydrogen) atoms. The van der Waals surface area contributed by atoms with Crippen molar-refractivity contribution in [3.8, 4) is 0 Å². The van der Waals surface area contributed by atoms with Crippen LogP contribution in [0.1, 0.15) is 113 Å². The molecule has 0 saturated heterocycles. The highest BCUT2D eigenvalue weighted by molar-refractivity contribution is 5.85. The molecule has 5 saturated carbocycles. The fourth-order valence-electron chi connectivity index (χ4n) is 11.3. The second-order valence-corrected chi connectivity index (χ2v) is 14.5. The normalized spacial score (nSPS) is 55.6. The van der Waals surface area contributed by atoms with E-state index in [9.17, 15) is 4.79 Å². The molecule has 5 aliphatic rings. The molecule has 5 aliphatic carbocycles. The zero-order valence-electron chi connectivity index (χ0n) is 21.6. The minimum Gasteiger partial charge on any atom is -0.299 e. The number of hydrogen-bond donors (Lipinski definition) is 0. The molecule has 0 spiro atoms. The van der Waals surface area contributed by atoms with Crippen LogP contribution >= 0.6 is 0 Å². The molecule has 0 bridgehead atoms. The van der Waals surface area contributed by atoms with Crippen LogP contribution in [0.15, 0.2) is 12.2 Å². The Labute approximate surface area is 192 Å². The van der Waals surface area contributed by atoms with Gasteiger partial charge in [0.1, 0.15) is 5.78 Å². The van der Waals surface area contributed by atoms with Gasteiger partial charge in [0, 0.05) is 11.8 Å². The summed E-state index contributed by atoms with van der Waals surface area (Å²) < 4.78 is 0. The van der Waals surface area contributed by atoms with Crippen LogP contribution in [0.2, 0.25) is 0 Å². The number of fused-ring (bicyclic) bond motifs is 7. The van der Waals surface area contributed by atoms with E-state index < -0.39 is 0 Å². The molecule has 5 fully saturated rings. The van der Waals surface area contributed by atoms with E-state index in [1.165, 1.54) is 56.9 Å². The molecule has 9 atom stereocenters. The number of carbonyl (C=O) groups excluding carboxylic acids is 1. The van der Waals surface area contributed by atoms with Gasteiger partial charge >= 0.3 is 0 Å². The quantitative estimate of drug-likeness (QED) is 0.387. The zero-order chi connectivity index (χ0) is 22.6. The zero-order valence-corrected chi connectivity index (χ0v) is 21.6. The highest BCUT2D eigenvalue weighted by Crippen LogP contribution is 2.77. The Kier molecular flexibility index (Phi) is 4.66. The number of Topliss-reactive ketones (excluding diaryl/α,β-unsaturated/α-hetero) is 1. The summed E-state index contributed by atoms with van der Waals surface area (Å²) in [4.78, 5) is 12.9. The van der Waals surface area contributed by atoms with Gasteiger partial charge in [-0.25, -0.2) is 0 Å². The fraction of sp³-hybridized carbons (Fsp3) is 0.900. The van der Waals surface area contributed by atoms with Gasteiger partial charge in [0.25, 0.3) is 0 Å². The van der Waals surface area contributed by atoms with E-state index in [4.69, 9.17) is 0 Å². The van der Waals surface area contributed by atoms with Gasteiger partial charge in [-0.2, -0.15) is 0 Å². The van der Waals surface area contributed by atoms with Crippen molar-refractivity contribution in [2.45, 2.75) is 113 Å². The lowest BCUT2D eigenvalue weighted by Gasteiger charge is -2.72. The van der Waals surface area contributed by atoms with Crippen LogP contribution < -0.4 is 0 Å². The average molecular weight is 425 g/mol. The minimum absolute atomic E-state index is 0.131. The second-order valence-electron chi connectivity index (χ2n) is 14.5. The third kappa shape index (κ3) is 2.59. The van der Waals surface area contributed by atoms with Crippen LogP contribution in [0.5, 0.6) is 0 Å². The van der Waals surface area contributed by atoms with Gasteiger partial charge in [-0.3, -0.25) is 4.79 Å². The Morgan fingerprint density at radius 1 is 0.806 bits per heavy atom. The summed E-state index contributed by atoms with van der Waals surface area (Å²) in [5.41, 5.74) is 3.06. The molecule has 0 N–H and O–H groups in total. The van der Waals surface area contributed by atoms with Crippen molar-refractivity contribution in [3.63, 3.8) is 0 Å². The Bertz CT molecular complexity index is 807. The van der Waals surface area contributed by atoms with Crippen LogP contribution in [0.4, 0.5) is 0 Å². The molecule has 0 heterocycles. The van der Waals surface area contributed by atoms with Crippen molar-refractivity contribution < 1.29 is 4.79 Å². The van der Waals surface area contributed by atoms with E-state index in [-0.39, 0.29) is 5.41 Å². The molecule has 0 aliphatic heterocycles. The Morgan fingerprint density at radius 2 is 1.52 bits per heavy atom. The van der Waals surface area contributed by atoms with Crippen molar-refractivity contribution in [1.82, 2.24) is 0 Å². The van der Waals surface area contributed by atoms with Gasteiger partial charge in [0.05, 0.1) is 0 Å². The van der Waals surface area contributed by atoms with Crippen LogP contribution in [0, 0.1) is 56.7 Å². The van der Waals surface area contributed by atoms with E-state index in [1.807, 2.05) is 0 Å². The Hall–Kier alpha value is -0.590. The molecule has 0 aromatic rings. The molecule has 0 radical (unpaired) electrons. The first-order valence-corrected chi connectivity index (χ1v) is 13.5. The second kappa shape index (κ2) is 6.50. The molecule has 5 unspecified atom stereocenters. The lowest BCUT2D eigenvalue weighted by molar-refractivity contribution is -0.232. The first-order chi connectivity index (χ1) is 14.3. The third-order valence-electron chi connectivity index (χ3n) is 13.2. The molecule has 5 rings (SSSR count). The molecule has 0 aromatic heterocycles. The largest absolute Gasteiger partial charge is 0.299 e. The van der Waals surface area contributed by atoms with Gasteiger partial charge in [-0.05, 0) is 116 Å². The van der Waals surface area contributed by atoms with E-state index in [0.29, 0.717) is 33.4 Å². The number of ketones is 1. The topological polar surface area (TPSA) is 17.1 Å². The van der Waals surface area contributed by atoms with Crippen LogP contribution in [-0.4, -0.2) is 5.78 Å². The minimum atomic E-state index is -0.131. The first-order valence-electron chi connectivity index (χ1n) is 13.5. The van der Waals surface area contributed by atoms with E-state index >= 15 is 0 Å². The number of rotatable bonds is 1. The highest BCUT2D eigenvalue weighted by atomic mass is 16.1. The maximum absolute atomic E-state index is 12.9. The maximum atomic E-state index is 12.9. The monoisotopic (exact) mass is 424 g/mol. The molecule has 1 heteroatoms. The molecule has 0 aromatic carbocycles. The lowest BCUT2D eigenvalue weighted by atomic mass is 9.32. The first kappa shape index (κ1) is 22.2. The smallest absolute Gasteiger partial charge is 0.138 e. The van der Waals surface area contributed by atoms with Crippen LogP contribution in [-0.2, 0) is 4.79 Å². The SMILES string of the molecule is C=C(C)C1CC[C@]2(C)CC[C@]3(C)C(CCC4[C@@]5(C)CCC(=O)C(C)(C)C5CC[C@]43C)C12. The van der Waals surface area contributed by atoms with E-state index in [0.717, 1.165) is 36.5 Å². The van der Waals surface area contributed by atoms with Crippen molar-refractivity contribution in [2.24, 2.45) is 56.7 Å². The highest BCUT2D eigenvalue weighted by Gasteiger charge is 2.70. The Balaban J connectivity index is 1.55. The summed E-state index contributed by atoms with van der Waals surface area (Å²) in [7, 11) is 0. The summed E-state index contributed by atoms with van der Waals surface area (Å²) in [6, 6.07) is 0. The molecular formula is C30H48O. The lowest BCUT2D eigenvalue weighted by Crippen LogP contribution is -2.66. The molecule has 0 amide bonds. The summed E-state index contributed by atoms with van der Waals surface area (Å²) in [5, 5.41) is 0. The van der Waals surface area contributed by atoms with Gasteiger partial charge in [-0.15, -0.1) is 0 Å². The summed E-state index contributed by atoms with van der Waals surface area (Å²) in [5.74, 6) is 4.33. The predicted molar refractivity (Wildman–Crippen MR) is 130 cm³/mol. The fourth-order valence-corrected chi connectivity index (χ4v) is 11.3. The summed E-state index contributed by atoms with van der Waals surface area (Å²) in [6.45, 7) is 22.0. The summed E-state index contributed by atoms with van der Waals surface area (Å²) in [6.07, 6.45) is 13.0. The molecule has 174 valence electrons. The number of carbonyl (C=O) groups is 1. The standard InChI is InChI=1S/C30H48O/c1-19(2)20-11-14-27(5)17-18-29(7)21(25(20)27)9-10-23-28(6)15-13-24(31)26(3,4)22(28)12-16-30(23,29)8/h20-23,25H,1,9-18H2,2-8H3/t20?,21?,22?,23?,25?,27-,28+,29-,30-/m1/s1. The van der Waals surface area contributed by atoms with E-state index in [2.05, 4.69) is 55.0 Å². The molecular weight excluding hydrogens is 376 g/mol. The van der Waals surface area contributed by atoms with Crippen molar-refractivity contribution in [1.29, 1.82) is 0 Å². The van der Waals surface area contributed by atoms with Crippen molar-refractivity contribution in [2.75, 3.05) is 0 Å². The van der Waals surface area contributed by atoms with Crippen molar-refractivity contribution in [3.05, 3.63) is 12.2 Å². The van der Waals surface area contributed by atoms with Gasteiger partial charge < -0.3 is 0 Å². The summed E-state index contributed by atoms with van der Waals surface area (Å²) >= 11 is 0.